The van der Waals surface area contributed by atoms with Gasteiger partial charge in [-0.05, 0) is 36.4 Å². The lowest BCUT2D eigenvalue weighted by Crippen LogP contribution is -2.18. The van der Waals surface area contributed by atoms with Crippen LogP contribution in [0.1, 0.15) is 12.5 Å². The molecule has 0 radical (unpaired) electrons. The highest BCUT2D eigenvalue weighted by Crippen LogP contribution is 2.36. The number of hydrogen-bond donors (Lipinski definition) is 2. The van der Waals surface area contributed by atoms with Gasteiger partial charge in [-0.3, -0.25) is 9.59 Å². The lowest BCUT2D eigenvalue weighted by Gasteiger charge is -2.15. The maximum atomic E-state index is 13.2. The number of anilines is 2. The summed E-state index contributed by atoms with van der Waals surface area (Å²) < 4.78 is 65.6. The highest BCUT2D eigenvalue weighted by atomic mass is 32.2. The molecule has 27 heavy (non-hydrogen) atoms. The van der Waals surface area contributed by atoms with Gasteiger partial charge in [0, 0.05) is 17.5 Å². The van der Waals surface area contributed by atoms with E-state index in [9.17, 15) is 31.5 Å². The van der Waals surface area contributed by atoms with Gasteiger partial charge in [-0.1, -0.05) is 0 Å². The average molecular weight is 404 g/mol. The van der Waals surface area contributed by atoms with E-state index in [2.05, 4.69) is 10.6 Å². The van der Waals surface area contributed by atoms with Crippen LogP contribution in [0.2, 0.25) is 0 Å². The first-order chi connectivity index (χ1) is 12.6. The molecule has 2 aromatic carbocycles. The summed E-state index contributed by atoms with van der Waals surface area (Å²) in [6.45, 7) is 1.15. The number of benzene rings is 2. The van der Waals surface area contributed by atoms with Crippen molar-refractivity contribution in [2.24, 2.45) is 0 Å². The maximum absolute atomic E-state index is 13.2. The fraction of sp³-hybridized carbons (Fsp3) is 0.176. The molecule has 2 aromatic rings. The minimum absolute atomic E-state index is 0.0658. The third kappa shape index (κ3) is 5.95. The third-order valence-electron chi connectivity index (χ3n) is 3.18. The van der Waals surface area contributed by atoms with Gasteiger partial charge < -0.3 is 10.6 Å². The molecule has 2 amide bonds. The zero-order valence-corrected chi connectivity index (χ0v) is 14.6. The van der Waals surface area contributed by atoms with Crippen molar-refractivity contribution < 1.29 is 31.5 Å². The molecule has 0 aliphatic rings. The zero-order valence-electron chi connectivity index (χ0n) is 13.8. The fourth-order valence-corrected chi connectivity index (χ4v) is 2.79. The van der Waals surface area contributed by atoms with Crippen molar-refractivity contribution in [1.82, 2.24) is 0 Å². The molecule has 0 spiro atoms. The molecule has 0 saturated heterocycles. The quantitative estimate of drug-likeness (QED) is 0.562. The van der Waals surface area contributed by atoms with Crippen LogP contribution in [0.5, 0.6) is 0 Å². The van der Waals surface area contributed by atoms with Gasteiger partial charge in [-0.15, -0.1) is 11.8 Å². The number of rotatable bonds is 5. The van der Waals surface area contributed by atoms with E-state index < -0.39 is 40.9 Å². The molecule has 0 unspecified atom stereocenters. The van der Waals surface area contributed by atoms with Gasteiger partial charge in [-0.2, -0.15) is 13.2 Å². The molecule has 0 fully saturated rings. The third-order valence-corrected chi connectivity index (χ3v) is 4.17. The SMILES string of the molecule is CC(=O)Nc1ccc(NC(=O)CSc2ccc(F)c(F)c2)c(C(F)(F)F)c1. The van der Waals surface area contributed by atoms with Crippen molar-refractivity contribution in [3.63, 3.8) is 0 Å². The topological polar surface area (TPSA) is 58.2 Å². The van der Waals surface area contributed by atoms with Crippen LogP contribution in [-0.4, -0.2) is 17.6 Å². The molecule has 0 saturated carbocycles. The Morgan fingerprint density at radius 1 is 1.00 bits per heavy atom. The zero-order chi connectivity index (χ0) is 20.2. The maximum Gasteiger partial charge on any atom is 0.418 e. The minimum Gasteiger partial charge on any atom is -0.326 e. The van der Waals surface area contributed by atoms with E-state index >= 15 is 0 Å². The van der Waals surface area contributed by atoms with Crippen LogP contribution in [0.3, 0.4) is 0 Å². The van der Waals surface area contributed by atoms with E-state index in [4.69, 9.17) is 0 Å². The van der Waals surface area contributed by atoms with E-state index in [0.29, 0.717) is 6.07 Å². The van der Waals surface area contributed by atoms with Crippen LogP contribution in [0.4, 0.5) is 33.3 Å². The van der Waals surface area contributed by atoms with E-state index in [-0.39, 0.29) is 16.3 Å². The Morgan fingerprint density at radius 3 is 2.30 bits per heavy atom. The molecule has 10 heteroatoms. The first-order valence-electron chi connectivity index (χ1n) is 7.43. The van der Waals surface area contributed by atoms with Crippen molar-refractivity contribution in [1.29, 1.82) is 0 Å². The summed E-state index contributed by atoms with van der Waals surface area (Å²) in [5.74, 6) is -3.74. The van der Waals surface area contributed by atoms with Gasteiger partial charge in [0.1, 0.15) is 0 Å². The molecule has 0 aromatic heterocycles. The number of alkyl halides is 3. The Bertz CT molecular complexity index is 871. The monoisotopic (exact) mass is 404 g/mol. The van der Waals surface area contributed by atoms with Gasteiger partial charge in [0.2, 0.25) is 11.8 Å². The summed E-state index contributed by atoms with van der Waals surface area (Å²) in [7, 11) is 0. The Morgan fingerprint density at radius 2 is 1.70 bits per heavy atom. The normalized spacial score (nSPS) is 11.2. The van der Waals surface area contributed by atoms with E-state index in [1.165, 1.54) is 12.1 Å². The van der Waals surface area contributed by atoms with Crippen molar-refractivity contribution in [2.75, 3.05) is 16.4 Å². The van der Waals surface area contributed by atoms with Crippen LogP contribution >= 0.6 is 11.8 Å². The van der Waals surface area contributed by atoms with Gasteiger partial charge in [0.25, 0.3) is 0 Å². The van der Waals surface area contributed by atoms with Crippen LogP contribution in [0, 0.1) is 11.6 Å². The van der Waals surface area contributed by atoms with Crippen molar-refractivity contribution in [3.05, 3.63) is 53.6 Å². The molecule has 0 heterocycles. The van der Waals surface area contributed by atoms with Crippen LogP contribution in [0.15, 0.2) is 41.3 Å². The van der Waals surface area contributed by atoms with Crippen LogP contribution < -0.4 is 10.6 Å². The lowest BCUT2D eigenvalue weighted by molar-refractivity contribution is -0.137. The first kappa shape index (κ1) is 20.7. The lowest BCUT2D eigenvalue weighted by atomic mass is 10.1. The second-order valence-corrected chi connectivity index (χ2v) is 6.40. The van der Waals surface area contributed by atoms with Crippen molar-refractivity contribution in [3.8, 4) is 0 Å². The molecule has 4 nitrogen and oxygen atoms in total. The Labute approximate surface area is 155 Å². The minimum atomic E-state index is -4.76. The Hall–Kier alpha value is -2.62. The Balaban J connectivity index is 2.11. The molecule has 0 aliphatic carbocycles. The number of thioether (sulfide) groups is 1. The fourth-order valence-electron chi connectivity index (χ4n) is 2.07. The largest absolute Gasteiger partial charge is 0.418 e. The van der Waals surface area contributed by atoms with Crippen LogP contribution in [0.25, 0.3) is 0 Å². The predicted molar refractivity (Wildman–Crippen MR) is 91.5 cm³/mol. The van der Waals surface area contributed by atoms with E-state index in [0.717, 1.165) is 36.9 Å². The van der Waals surface area contributed by atoms with Gasteiger partial charge in [-0.25, -0.2) is 8.78 Å². The van der Waals surface area contributed by atoms with Gasteiger partial charge in [0.05, 0.1) is 17.0 Å². The highest BCUT2D eigenvalue weighted by Gasteiger charge is 2.34. The molecular formula is C17H13F5N2O2S. The van der Waals surface area contributed by atoms with Gasteiger partial charge in [0.15, 0.2) is 11.6 Å². The molecule has 0 bridgehead atoms. The standard InChI is InChI=1S/C17H13F5N2O2S/c1-9(25)23-10-2-5-15(12(6-10)17(20,21)22)24-16(26)8-27-11-3-4-13(18)14(19)7-11/h2-7H,8H2,1H3,(H,23,25)(H,24,26). The molecule has 144 valence electrons. The van der Waals surface area contributed by atoms with Gasteiger partial charge >= 0.3 is 6.18 Å². The summed E-state index contributed by atoms with van der Waals surface area (Å²) in [4.78, 5) is 23.2. The predicted octanol–water partition coefficient (Wildman–Crippen LogP) is 4.67. The molecule has 2 rings (SSSR count). The molecule has 0 atom stereocenters. The van der Waals surface area contributed by atoms with Crippen molar-refractivity contribution in [2.45, 2.75) is 18.0 Å². The second-order valence-electron chi connectivity index (χ2n) is 5.35. The van der Waals surface area contributed by atoms with E-state index in [1.54, 1.807) is 0 Å². The summed E-state index contributed by atoms with van der Waals surface area (Å²) in [6.07, 6.45) is -4.76. The number of carbonyl (C=O) groups is 2. The first-order valence-corrected chi connectivity index (χ1v) is 8.41. The smallest absolute Gasteiger partial charge is 0.326 e. The Kier molecular flexibility index (Phi) is 6.42. The summed E-state index contributed by atoms with van der Waals surface area (Å²) >= 11 is 0.839. The number of nitrogens with one attached hydrogen (secondary N) is 2. The number of halogens is 5. The highest BCUT2D eigenvalue weighted by molar-refractivity contribution is 8.00. The molecule has 2 N–H and O–H groups in total. The van der Waals surface area contributed by atoms with Crippen LogP contribution in [-0.2, 0) is 15.8 Å². The molecule has 0 aliphatic heterocycles. The number of carbonyl (C=O) groups excluding carboxylic acids is 2. The van der Waals surface area contributed by atoms with E-state index in [1.807, 2.05) is 0 Å². The summed E-state index contributed by atoms with van der Waals surface area (Å²) in [5, 5.41) is 4.37. The summed E-state index contributed by atoms with van der Waals surface area (Å²) in [6, 6.07) is 5.97. The molecular weight excluding hydrogens is 391 g/mol. The summed E-state index contributed by atoms with van der Waals surface area (Å²) in [5.41, 5.74) is -1.67. The number of hydrogen-bond acceptors (Lipinski definition) is 3. The number of amides is 2. The average Bonchev–Trinajstić information content (AvgIpc) is 2.56. The second kappa shape index (κ2) is 8.38. The van der Waals surface area contributed by atoms with Crippen molar-refractivity contribution >= 4 is 35.0 Å².